The summed E-state index contributed by atoms with van der Waals surface area (Å²) in [5.41, 5.74) is 12.8. The number of hydrogen-bond acceptors (Lipinski definition) is 6. The first-order chi connectivity index (χ1) is 14.0. The van der Waals surface area contributed by atoms with E-state index in [9.17, 15) is 5.26 Å². The van der Waals surface area contributed by atoms with Crippen LogP contribution in [0.4, 0.5) is 5.82 Å². The molecule has 3 aromatic rings. The second kappa shape index (κ2) is 7.57. The third-order valence-electron chi connectivity index (χ3n) is 5.42. The Morgan fingerprint density at radius 1 is 1.14 bits per heavy atom. The van der Waals surface area contributed by atoms with Gasteiger partial charge in [-0.2, -0.15) is 10.4 Å². The topological polar surface area (TPSA) is 102 Å². The predicted molar refractivity (Wildman–Crippen MR) is 112 cm³/mol. The predicted octanol–water partition coefficient (Wildman–Crippen LogP) is 3.18. The Labute approximate surface area is 170 Å². The van der Waals surface area contributed by atoms with E-state index in [1.807, 2.05) is 42.8 Å². The van der Waals surface area contributed by atoms with Gasteiger partial charge in [0.15, 0.2) is 0 Å². The molecule has 7 heteroatoms. The van der Waals surface area contributed by atoms with Crippen LogP contribution in [-0.2, 0) is 13.1 Å². The van der Waals surface area contributed by atoms with Crippen molar-refractivity contribution in [2.24, 2.45) is 0 Å². The number of anilines is 1. The number of benzene rings is 1. The average molecular weight is 388 g/mol. The van der Waals surface area contributed by atoms with Gasteiger partial charge in [0.1, 0.15) is 23.2 Å². The third kappa shape index (κ3) is 3.43. The van der Waals surface area contributed by atoms with E-state index < -0.39 is 0 Å². The highest BCUT2D eigenvalue weighted by molar-refractivity contribution is 5.80. The van der Waals surface area contributed by atoms with Crippen LogP contribution in [0, 0.1) is 25.2 Å². The molecular formula is C22H24N6O. The number of hydrogen-bond donors (Lipinski definition) is 2. The Bertz CT molecular complexity index is 1100. The maximum absolute atomic E-state index is 9.71. The number of aryl methyl sites for hydroxylation is 3. The fourth-order valence-electron chi connectivity index (χ4n) is 3.67. The van der Waals surface area contributed by atoms with Crippen LogP contribution in [0.2, 0.25) is 0 Å². The molecule has 1 aliphatic heterocycles. The highest BCUT2D eigenvalue weighted by Crippen LogP contribution is 2.36. The number of methoxy groups -OCH3 is 1. The Balaban J connectivity index is 1.90. The van der Waals surface area contributed by atoms with Gasteiger partial charge in [-0.25, -0.2) is 4.98 Å². The first kappa shape index (κ1) is 19.0. The van der Waals surface area contributed by atoms with E-state index in [4.69, 9.17) is 15.6 Å². The lowest BCUT2D eigenvalue weighted by Crippen LogP contribution is -2.11. The van der Waals surface area contributed by atoms with Gasteiger partial charge in [-0.05, 0) is 62.2 Å². The van der Waals surface area contributed by atoms with Crippen LogP contribution < -0.4 is 15.8 Å². The fourth-order valence-corrected chi connectivity index (χ4v) is 3.67. The minimum atomic E-state index is 0.196. The molecule has 1 aliphatic rings. The van der Waals surface area contributed by atoms with E-state index >= 15 is 0 Å². The summed E-state index contributed by atoms with van der Waals surface area (Å²) < 4.78 is 7.59. The zero-order chi connectivity index (χ0) is 20.5. The number of ether oxygens (including phenoxy) is 1. The number of nitrogen functional groups attached to an aromatic ring is 1. The maximum atomic E-state index is 9.71. The van der Waals surface area contributed by atoms with Gasteiger partial charge in [-0.3, -0.25) is 4.68 Å². The van der Waals surface area contributed by atoms with Gasteiger partial charge in [-0.15, -0.1) is 0 Å². The summed E-state index contributed by atoms with van der Waals surface area (Å²) in [6.45, 7) is 6.67. The Morgan fingerprint density at radius 3 is 2.69 bits per heavy atom. The number of nitrogens with zero attached hydrogens (tertiary/aromatic N) is 4. The summed E-state index contributed by atoms with van der Waals surface area (Å²) in [7, 11) is 1.64. The quantitative estimate of drug-likeness (QED) is 0.714. The van der Waals surface area contributed by atoms with Crippen molar-refractivity contribution in [1.82, 2.24) is 20.1 Å². The average Bonchev–Trinajstić information content (AvgIpc) is 2.99. The highest BCUT2D eigenvalue weighted by Gasteiger charge is 2.20. The highest BCUT2D eigenvalue weighted by atomic mass is 16.5. The number of fused-ring (bicyclic) bond motifs is 1. The Kier molecular flexibility index (Phi) is 4.95. The molecular weight excluding hydrogens is 364 g/mol. The van der Waals surface area contributed by atoms with Crippen molar-refractivity contribution in [2.45, 2.75) is 33.4 Å². The number of nitriles is 1. The molecule has 0 atom stereocenters. The van der Waals surface area contributed by atoms with Gasteiger partial charge in [0.2, 0.25) is 0 Å². The maximum Gasteiger partial charge on any atom is 0.142 e. The van der Waals surface area contributed by atoms with Gasteiger partial charge in [0, 0.05) is 24.2 Å². The van der Waals surface area contributed by atoms with E-state index in [0.717, 1.165) is 59.9 Å². The van der Waals surface area contributed by atoms with Crippen LogP contribution in [0.15, 0.2) is 24.3 Å². The molecule has 0 saturated carbocycles. The summed E-state index contributed by atoms with van der Waals surface area (Å²) in [6.07, 6.45) is 1.02. The summed E-state index contributed by atoms with van der Waals surface area (Å²) in [6, 6.07) is 10.1. The van der Waals surface area contributed by atoms with E-state index in [1.54, 1.807) is 7.11 Å². The van der Waals surface area contributed by atoms with Crippen molar-refractivity contribution in [1.29, 1.82) is 5.26 Å². The molecule has 7 nitrogen and oxygen atoms in total. The lowest BCUT2D eigenvalue weighted by molar-refractivity contribution is 0.416. The molecule has 0 amide bonds. The van der Waals surface area contributed by atoms with Crippen LogP contribution in [0.25, 0.3) is 22.5 Å². The summed E-state index contributed by atoms with van der Waals surface area (Å²) in [5.74, 6) is 0.919. The van der Waals surface area contributed by atoms with Crippen molar-refractivity contribution in [2.75, 3.05) is 19.4 Å². The summed E-state index contributed by atoms with van der Waals surface area (Å²) in [5, 5.41) is 17.9. The van der Waals surface area contributed by atoms with Crippen molar-refractivity contribution >= 4 is 5.82 Å². The van der Waals surface area contributed by atoms with Crippen molar-refractivity contribution < 1.29 is 4.74 Å². The second-order valence-corrected chi connectivity index (χ2v) is 7.34. The first-order valence-corrected chi connectivity index (χ1v) is 9.66. The molecule has 2 aromatic heterocycles. The standard InChI is InChI=1S/C22H24N6O/c1-13-7-17(21(29-3)8-14(13)2)19-10-16(18(11-23)22(24)26-19)20-9-15-12-25-5-4-6-28(15)27-20/h7-10,25H,4-6,12H2,1-3H3,(H2,24,26). The van der Waals surface area contributed by atoms with Gasteiger partial charge in [0.05, 0.1) is 24.2 Å². The monoisotopic (exact) mass is 388 g/mol. The minimum Gasteiger partial charge on any atom is -0.496 e. The van der Waals surface area contributed by atoms with Gasteiger partial charge < -0.3 is 15.8 Å². The van der Waals surface area contributed by atoms with Crippen LogP contribution in [0.5, 0.6) is 5.75 Å². The van der Waals surface area contributed by atoms with Gasteiger partial charge in [0.25, 0.3) is 0 Å². The Hall–Kier alpha value is -3.37. The third-order valence-corrected chi connectivity index (χ3v) is 5.42. The minimum absolute atomic E-state index is 0.196. The van der Waals surface area contributed by atoms with Crippen LogP contribution >= 0.6 is 0 Å². The zero-order valence-corrected chi connectivity index (χ0v) is 16.9. The molecule has 0 aliphatic carbocycles. The van der Waals surface area contributed by atoms with Gasteiger partial charge in [-0.1, -0.05) is 0 Å². The SMILES string of the molecule is COc1cc(C)c(C)cc1-c1cc(-c2cc3n(n2)CCCNC3)c(C#N)c(N)n1. The number of aromatic nitrogens is 3. The summed E-state index contributed by atoms with van der Waals surface area (Å²) in [4.78, 5) is 4.51. The van der Waals surface area contributed by atoms with Crippen molar-refractivity contribution in [3.63, 3.8) is 0 Å². The molecule has 0 radical (unpaired) electrons. The van der Waals surface area contributed by atoms with Gasteiger partial charge >= 0.3 is 0 Å². The number of nitrogens with one attached hydrogen (secondary N) is 1. The molecule has 0 saturated heterocycles. The van der Waals surface area contributed by atoms with E-state index in [-0.39, 0.29) is 5.82 Å². The molecule has 148 valence electrons. The molecule has 3 N–H and O–H groups in total. The van der Waals surface area contributed by atoms with E-state index in [2.05, 4.69) is 16.4 Å². The molecule has 0 unspecified atom stereocenters. The smallest absolute Gasteiger partial charge is 0.142 e. The fraction of sp³-hybridized carbons (Fsp3) is 0.318. The van der Waals surface area contributed by atoms with E-state index in [1.165, 1.54) is 0 Å². The van der Waals surface area contributed by atoms with Crippen molar-refractivity contribution in [3.05, 3.63) is 46.6 Å². The first-order valence-electron chi connectivity index (χ1n) is 9.66. The molecule has 4 rings (SSSR count). The summed E-state index contributed by atoms with van der Waals surface area (Å²) >= 11 is 0. The van der Waals surface area contributed by atoms with E-state index in [0.29, 0.717) is 16.8 Å². The normalized spacial score (nSPS) is 13.4. The zero-order valence-electron chi connectivity index (χ0n) is 16.9. The van der Waals surface area contributed by atoms with Crippen molar-refractivity contribution in [3.8, 4) is 34.3 Å². The molecule has 0 bridgehead atoms. The lowest BCUT2D eigenvalue weighted by Gasteiger charge is -2.13. The molecule has 0 spiro atoms. The number of nitrogens with two attached hydrogens (primary N) is 1. The van der Waals surface area contributed by atoms with Crippen LogP contribution in [0.1, 0.15) is 28.8 Å². The molecule has 0 fully saturated rings. The molecule has 1 aromatic carbocycles. The Morgan fingerprint density at radius 2 is 1.93 bits per heavy atom. The molecule has 3 heterocycles. The largest absolute Gasteiger partial charge is 0.496 e. The van der Waals surface area contributed by atoms with Crippen LogP contribution in [0.3, 0.4) is 0 Å². The lowest BCUT2D eigenvalue weighted by atomic mass is 9.99. The number of rotatable bonds is 3. The van der Waals surface area contributed by atoms with Crippen LogP contribution in [-0.4, -0.2) is 28.4 Å². The second-order valence-electron chi connectivity index (χ2n) is 7.34. The number of pyridine rings is 1. The molecule has 29 heavy (non-hydrogen) atoms.